The summed E-state index contributed by atoms with van der Waals surface area (Å²) in [5.41, 5.74) is 2.13. The van der Waals surface area contributed by atoms with Crippen LogP contribution in [0.25, 0.3) is 0 Å². The molecule has 2 unspecified atom stereocenters. The quantitative estimate of drug-likeness (QED) is 0.337. The summed E-state index contributed by atoms with van der Waals surface area (Å²) in [4.78, 5) is 0. The van der Waals surface area contributed by atoms with Crippen LogP contribution in [0.2, 0.25) is 0 Å². The second kappa shape index (κ2) is 2.45. The lowest BCUT2D eigenvalue weighted by molar-refractivity contribution is -0.548. The topological polar surface area (TPSA) is 3.01 Å². The van der Waals surface area contributed by atoms with Crippen molar-refractivity contribution >= 4 is 6.72 Å². The van der Waals surface area contributed by atoms with Gasteiger partial charge in [0, 0.05) is 13.3 Å². The third-order valence-electron chi connectivity index (χ3n) is 3.91. The predicted molar refractivity (Wildman–Crippen MR) is 53.9 cm³/mol. The van der Waals surface area contributed by atoms with Crippen LogP contribution in [0.5, 0.6) is 0 Å². The highest BCUT2D eigenvalue weighted by atomic mass is 15.1. The first-order valence-corrected chi connectivity index (χ1v) is 4.56. The molecule has 1 rings (SSSR count). The molecule has 1 nitrogen and oxygen atoms in total. The minimum Gasteiger partial charge on any atom is -0.239 e. The van der Waals surface area contributed by atoms with Gasteiger partial charge in [-0.1, -0.05) is 11.6 Å². The highest BCUT2D eigenvalue weighted by Crippen LogP contribution is 2.61. The molecule has 0 heterocycles. The predicted octanol–water partition coefficient (Wildman–Crippen LogP) is 2.46. The highest BCUT2D eigenvalue weighted by molar-refractivity contribution is 5.30. The molecule has 12 heavy (non-hydrogen) atoms. The van der Waals surface area contributed by atoms with Crippen molar-refractivity contribution in [3.63, 3.8) is 0 Å². The van der Waals surface area contributed by atoms with Crippen molar-refractivity contribution in [1.29, 1.82) is 0 Å². The fourth-order valence-corrected chi connectivity index (χ4v) is 2.08. The normalized spacial score (nSPS) is 41.2. The van der Waals surface area contributed by atoms with Gasteiger partial charge in [0.25, 0.3) is 0 Å². The lowest BCUT2D eigenvalue weighted by Gasteiger charge is -2.15. The summed E-state index contributed by atoms with van der Waals surface area (Å²) < 4.78 is 2.10. The summed E-state index contributed by atoms with van der Waals surface area (Å²) >= 11 is 0. The molecule has 1 saturated carbocycles. The van der Waals surface area contributed by atoms with Crippen LogP contribution in [0.1, 0.15) is 34.1 Å². The molecule has 0 N–H and O–H groups in total. The second-order valence-corrected chi connectivity index (χ2v) is 4.45. The first-order chi connectivity index (χ1) is 5.38. The largest absolute Gasteiger partial charge is 0.239 e. The molecule has 2 atom stereocenters. The van der Waals surface area contributed by atoms with Gasteiger partial charge in [0.15, 0.2) is 5.54 Å². The van der Waals surface area contributed by atoms with Crippen molar-refractivity contribution in [2.75, 3.05) is 7.05 Å². The van der Waals surface area contributed by atoms with E-state index in [0.717, 1.165) is 0 Å². The first-order valence-electron chi connectivity index (χ1n) is 4.56. The molecule has 1 aliphatic carbocycles. The van der Waals surface area contributed by atoms with Crippen LogP contribution in [0, 0.1) is 5.41 Å². The second-order valence-electron chi connectivity index (χ2n) is 4.45. The number of nitrogens with zero attached hydrogens (tertiary/aromatic N) is 1. The van der Waals surface area contributed by atoms with Crippen LogP contribution >= 0.6 is 0 Å². The van der Waals surface area contributed by atoms with Gasteiger partial charge in [-0.25, -0.2) is 4.58 Å². The van der Waals surface area contributed by atoms with E-state index >= 15 is 0 Å². The van der Waals surface area contributed by atoms with Crippen LogP contribution in [0.3, 0.4) is 0 Å². The molecule has 0 aromatic heterocycles. The Hall–Kier alpha value is -0.590. The van der Waals surface area contributed by atoms with E-state index in [-0.39, 0.29) is 5.54 Å². The fraction of sp³-hybridized carbons (Fsp3) is 0.727. The molecule has 0 aromatic rings. The Morgan fingerprint density at radius 3 is 2.25 bits per heavy atom. The van der Waals surface area contributed by atoms with Gasteiger partial charge in [-0.15, -0.1) is 0 Å². The molecular weight excluding hydrogens is 146 g/mol. The monoisotopic (exact) mass is 166 g/mol. The maximum absolute atomic E-state index is 3.99. The van der Waals surface area contributed by atoms with E-state index in [9.17, 15) is 0 Å². The van der Waals surface area contributed by atoms with Crippen LogP contribution < -0.4 is 0 Å². The summed E-state index contributed by atoms with van der Waals surface area (Å²) in [5, 5.41) is 0. The fourth-order valence-electron chi connectivity index (χ4n) is 2.08. The minimum absolute atomic E-state index is 0.281. The van der Waals surface area contributed by atoms with Gasteiger partial charge < -0.3 is 0 Å². The molecule has 0 bridgehead atoms. The van der Waals surface area contributed by atoms with Crippen molar-refractivity contribution < 1.29 is 4.58 Å². The van der Waals surface area contributed by atoms with Crippen LogP contribution in [0.15, 0.2) is 11.6 Å². The molecule has 68 valence electrons. The molecule has 0 aromatic carbocycles. The standard InChI is InChI=1S/C11H20N/c1-7-9(2)10(3)8-11(10,4)12(5)6/h7H,5,8H2,1-4,6H3/q+1/b9-7+. The lowest BCUT2D eigenvalue weighted by Crippen LogP contribution is -2.27. The molecule has 0 amide bonds. The summed E-state index contributed by atoms with van der Waals surface area (Å²) in [5.74, 6) is 0. The third kappa shape index (κ3) is 0.954. The van der Waals surface area contributed by atoms with Gasteiger partial charge in [-0.3, -0.25) is 0 Å². The number of rotatable bonds is 2. The molecule has 1 fully saturated rings. The van der Waals surface area contributed by atoms with Crippen molar-refractivity contribution in [2.45, 2.75) is 39.7 Å². The maximum Gasteiger partial charge on any atom is 0.169 e. The van der Waals surface area contributed by atoms with Gasteiger partial charge in [0.2, 0.25) is 0 Å². The number of allylic oxidation sites excluding steroid dienone is 1. The Kier molecular flexibility index (Phi) is 1.94. The SMILES string of the molecule is C=[N+](C)C1(C)CC1(C)/C(C)=C/C. The molecule has 1 aliphatic rings. The van der Waals surface area contributed by atoms with Gasteiger partial charge in [0.1, 0.15) is 13.8 Å². The maximum atomic E-state index is 3.99. The molecular formula is C11H20N+. The van der Waals surface area contributed by atoms with Crippen molar-refractivity contribution in [3.05, 3.63) is 11.6 Å². The van der Waals surface area contributed by atoms with Crippen LogP contribution in [-0.4, -0.2) is 23.9 Å². The van der Waals surface area contributed by atoms with E-state index in [4.69, 9.17) is 0 Å². The Balaban J connectivity index is 2.91. The van der Waals surface area contributed by atoms with Crippen molar-refractivity contribution in [3.8, 4) is 0 Å². The highest BCUT2D eigenvalue weighted by Gasteiger charge is 2.69. The van der Waals surface area contributed by atoms with Crippen LogP contribution in [0.4, 0.5) is 0 Å². The Morgan fingerprint density at radius 1 is 1.50 bits per heavy atom. The minimum atomic E-state index is 0.281. The van der Waals surface area contributed by atoms with Gasteiger partial charge in [0.05, 0.1) is 5.41 Å². The third-order valence-corrected chi connectivity index (χ3v) is 3.91. The summed E-state index contributed by atoms with van der Waals surface area (Å²) in [7, 11) is 2.06. The summed E-state index contributed by atoms with van der Waals surface area (Å²) in [6.45, 7) is 12.9. The smallest absolute Gasteiger partial charge is 0.169 e. The van der Waals surface area contributed by atoms with E-state index in [0.29, 0.717) is 5.41 Å². The van der Waals surface area contributed by atoms with Gasteiger partial charge in [-0.05, 0) is 20.8 Å². The zero-order valence-corrected chi connectivity index (χ0v) is 8.94. The van der Waals surface area contributed by atoms with Crippen LogP contribution in [-0.2, 0) is 0 Å². The average molecular weight is 166 g/mol. The molecule has 1 heteroatoms. The molecule has 0 saturated heterocycles. The Labute approximate surface area is 75.8 Å². The van der Waals surface area contributed by atoms with Crippen molar-refractivity contribution in [1.82, 2.24) is 0 Å². The Morgan fingerprint density at radius 2 is 2.00 bits per heavy atom. The van der Waals surface area contributed by atoms with E-state index < -0.39 is 0 Å². The molecule has 0 aliphatic heterocycles. The van der Waals surface area contributed by atoms with E-state index in [1.54, 1.807) is 0 Å². The van der Waals surface area contributed by atoms with Crippen molar-refractivity contribution in [2.24, 2.45) is 5.41 Å². The average Bonchev–Trinajstić information content (AvgIpc) is 2.56. The van der Waals surface area contributed by atoms with E-state index in [1.165, 1.54) is 12.0 Å². The summed E-state index contributed by atoms with van der Waals surface area (Å²) in [6.07, 6.45) is 3.45. The van der Waals surface area contributed by atoms with Gasteiger partial charge in [-0.2, -0.15) is 0 Å². The number of hydrogen-bond acceptors (Lipinski definition) is 0. The van der Waals surface area contributed by atoms with E-state index in [1.807, 2.05) is 0 Å². The lowest BCUT2D eigenvalue weighted by atomic mass is 9.94. The molecule has 0 spiro atoms. The van der Waals surface area contributed by atoms with E-state index in [2.05, 4.69) is 52.1 Å². The zero-order chi connectivity index (χ0) is 9.57. The number of hydrogen-bond donors (Lipinski definition) is 0. The molecule has 0 radical (unpaired) electrons. The summed E-state index contributed by atoms with van der Waals surface area (Å²) in [6, 6.07) is 0. The first kappa shape index (κ1) is 9.50. The zero-order valence-electron chi connectivity index (χ0n) is 8.94. The Bertz CT molecular complexity index is 252. The van der Waals surface area contributed by atoms with Gasteiger partial charge >= 0.3 is 0 Å².